The van der Waals surface area contributed by atoms with E-state index in [0.29, 0.717) is 17.1 Å². The molecule has 2 unspecified atom stereocenters. The molecule has 4 heteroatoms. The number of aromatic nitrogens is 1. The molecule has 0 radical (unpaired) electrons. The van der Waals surface area contributed by atoms with Crippen molar-refractivity contribution in [1.82, 2.24) is 10.3 Å². The van der Waals surface area contributed by atoms with E-state index in [9.17, 15) is 0 Å². The fraction of sp³-hybridized carbons (Fsp3) is 0.583. The molecule has 0 spiro atoms. The molecule has 1 heterocycles. The van der Waals surface area contributed by atoms with Crippen LogP contribution >= 0.6 is 23.4 Å². The van der Waals surface area contributed by atoms with E-state index in [-0.39, 0.29) is 0 Å². The predicted molar refractivity (Wildman–Crippen MR) is 73.2 cm³/mol. The van der Waals surface area contributed by atoms with Crippen molar-refractivity contribution in [3.8, 4) is 0 Å². The Kier molecular flexibility index (Phi) is 6.17. The molecule has 2 nitrogen and oxygen atoms in total. The molecular formula is C12H19ClN2S. The molecule has 1 aromatic rings. The third-order valence-corrected chi connectivity index (χ3v) is 3.60. The first-order valence-corrected chi connectivity index (χ1v) is 7.24. The van der Waals surface area contributed by atoms with E-state index in [1.807, 2.05) is 30.1 Å². The molecule has 1 aromatic heterocycles. The number of rotatable bonds is 6. The van der Waals surface area contributed by atoms with E-state index in [1.165, 1.54) is 11.3 Å². The van der Waals surface area contributed by atoms with Crippen LogP contribution < -0.4 is 5.32 Å². The van der Waals surface area contributed by atoms with Crippen LogP contribution in [0.3, 0.4) is 0 Å². The minimum atomic E-state index is 0.328. The molecule has 0 saturated carbocycles. The van der Waals surface area contributed by atoms with Gasteiger partial charge in [0.1, 0.15) is 5.15 Å². The first-order valence-electron chi connectivity index (χ1n) is 5.47. The van der Waals surface area contributed by atoms with Crippen LogP contribution in [0.1, 0.15) is 25.5 Å². The monoisotopic (exact) mass is 258 g/mol. The Balaban J connectivity index is 2.40. The maximum absolute atomic E-state index is 5.75. The third kappa shape index (κ3) is 4.73. The molecule has 1 rings (SSSR count). The Morgan fingerprint density at radius 3 is 2.75 bits per heavy atom. The van der Waals surface area contributed by atoms with Crippen molar-refractivity contribution in [2.24, 2.45) is 5.92 Å². The van der Waals surface area contributed by atoms with Crippen molar-refractivity contribution in [3.05, 3.63) is 29.0 Å². The van der Waals surface area contributed by atoms with E-state index in [1.54, 1.807) is 0 Å². The molecule has 1 N–H and O–H groups in total. The second kappa shape index (κ2) is 7.15. The second-order valence-corrected chi connectivity index (χ2v) is 5.40. The first-order chi connectivity index (χ1) is 7.63. The summed E-state index contributed by atoms with van der Waals surface area (Å²) in [7, 11) is 0. The molecule has 0 aliphatic rings. The minimum Gasteiger partial charge on any atom is -0.310 e. The number of hydrogen-bond donors (Lipinski definition) is 1. The van der Waals surface area contributed by atoms with Crippen molar-refractivity contribution >= 4 is 23.4 Å². The Labute approximate surface area is 107 Å². The second-order valence-electron chi connectivity index (χ2n) is 4.10. The highest BCUT2D eigenvalue weighted by Crippen LogP contribution is 2.14. The Hall–Kier alpha value is -0.250. The Bertz CT molecular complexity index is 302. The van der Waals surface area contributed by atoms with Gasteiger partial charge >= 0.3 is 0 Å². The number of pyridine rings is 1. The number of hydrogen-bond acceptors (Lipinski definition) is 3. The number of nitrogens with zero attached hydrogens (tertiary/aromatic N) is 1. The van der Waals surface area contributed by atoms with Crippen LogP contribution in [-0.4, -0.2) is 23.5 Å². The van der Waals surface area contributed by atoms with E-state index in [4.69, 9.17) is 11.6 Å². The number of nitrogens with one attached hydrogen (secondary N) is 1. The Morgan fingerprint density at radius 2 is 2.19 bits per heavy atom. The summed E-state index contributed by atoms with van der Waals surface area (Å²) in [5, 5.41) is 4.05. The molecule has 0 aliphatic carbocycles. The molecule has 2 atom stereocenters. The van der Waals surface area contributed by atoms with Gasteiger partial charge in [-0.1, -0.05) is 24.6 Å². The highest BCUT2D eigenvalue weighted by Gasteiger charge is 2.07. The summed E-state index contributed by atoms with van der Waals surface area (Å²) < 4.78 is 0. The normalized spacial score (nSPS) is 14.8. The van der Waals surface area contributed by atoms with Crippen LogP contribution in [0.5, 0.6) is 0 Å². The van der Waals surface area contributed by atoms with Gasteiger partial charge < -0.3 is 5.32 Å². The molecule has 0 aromatic carbocycles. The van der Waals surface area contributed by atoms with Gasteiger partial charge in [-0.15, -0.1) is 0 Å². The minimum absolute atomic E-state index is 0.328. The van der Waals surface area contributed by atoms with E-state index in [2.05, 4.69) is 30.4 Å². The zero-order valence-corrected chi connectivity index (χ0v) is 11.6. The molecule has 0 bridgehead atoms. The summed E-state index contributed by atoms with van der Waals surface area (Å²) in [5.74, 6) is 1.89. The molecular weight excluding hydrogens is 240 g/mol. The highest BCUT2D eigenvalue weighted by molar-refractivity contribution is 7.98. The average molecular weight is 259 g/mol. The molecule has 0 saturated heterocycles. The summed E-state index contributed by atoms with van der Waals surface area (Å²) in [4.78, 5) is 4.08. The summed E-state index contributed by atoms with van der Waals surface area (Å²) in [5.41, 5.74) is 1.18. The maximum atomic E-state index is 5.75. The van der Waals surface area contributed by atoms with Gasteiger partial charge in [0.15, 0.2) is 0 Å². The zero-order valence-electron chi connectivity index (χ0n) is 10.0. The zero-order chi connectivity index (χ0) is 12.0. The molecule has 0 amide bonds. The lowest BCUT2D eigenvalue weighted by molar-refractivity contribution is 0.500. The predicted octanol–water partition coefficient (Wildman–Crippen LogP) is 3.38. The largest absolute Gasteiger partial charge is 0.310 e. The van der Waals surface area contributed by atoms with Gasteiger partial charge in [-0.25, -0.2) is 4.98 Å². The van der Waals surface area contributed by atoms with Crippen molar-refractivity contribution in [1.29, 1.82) is 0 Å². The lowest BCUT2D eigenvalue weighted by atomic mass is 10.1. The van der Waals surface area contributed by atoms with Gasteiger partial charge in [-0.2, -0.15) is 11.8 Å². The van der Waals surface area contributed by atoms with E-state index < -0.39 is 0 Å². The molecule has 16 heavy (non-hydrogen) atoms. The van der Waals surface area contributed by atoms with Gasteiger partial charge in [-0.05, 0) is 43.0 Å². The van der Waals surface area contributed by atoms with Crippen molar-refractivity contribution in [2.45, 2.75) is 19.9 Å². The smallest absolute Gasteiger partial charge is 0.129 e. The van der Waals surface area contributed by atoms with E-state index >= 15 is 0 Å². The molecule has 90 valence electrons. The summed E-state index contributed by atoms with van der Waals surface area (Å²) in [6.45, 7) is 5.44. The average Bonchev–Trinajstić information content (AvgIpc) is 2.27. The molecule has 0 aliphatic heterocycles. The highest BCUT2D eigenvalue weighted by atomic mass is 35.5. The van der Waals surface area contributed by atoms with Gasteiger partial charge in [0.25, 0.3) is 0 Å². The van der Waals surface area contributed by atoms with Crippen LogP contribution in [0.25, 0.3) is 0 Å². The van der Waals surface area contributed by atoms with Crippen LogP contribution in [0, 0.1) is 5.92 Å². The lowest BCUT2D eigenvalue weighted by Crippen LogP contribution is -2.25. The van der Waals surface area contributed by atoms with Crippen molar-refractivity contribution < 1.29 is 0 Å². The van der Waals surface area contributed by atoms with Crippen LogP contribution in [-0.2, 0) is 0 Å². The standard InChI is InChI=1S/C12H19ClN2S/c1-9(8-16-3)6-14-10(2)11-4-5-12(13)15-7-11/h4-5,7,9-10,14H,6,8H2,1-3H3. The van der Waals surface area contributed by atoms with E-state index in [0.717, 1.165) is 6.54 Å². The number of thioether (sulfide) groups is 1. The van der Waals surface area contributed by atoms with Crippen molar-refractivity contribution in [2.75, 3.05) is 18.6 Å². The van der Waals surface area contributed by atoms with Crippen LogP contribution in [0.15, 0.2) is 18.3 Å². The summed E-state index contributed by atoms with van der Waals surface area (Å²) in [6.07, 6.45) is 3.97. The van der Waals surface area contributed by atoms with Gasteiger partial charge in [0, 0.05) is 12.2 Å². The number of halogens is 1. The third-order valence-electron chi connectivity index (χ3n) is 2.47. The summed E-state index contributed by atoms with van der Waals surface area (Å²) in [6, 6.07) is 4.18. The summed E-state index contributed by atoms with van der Waals surface area (Å²) >= 11 is 7.64. The maximum Gasteiger partial charge on any atom is 0.129 e. The first kappa shape index (κ1) is 13.8. The topological polar surface area (TPSA) is 24.9 Å². The fourth-order valence-electron chi connectivity index (χ4n) is 1.48. The lowest BCUT2D eigenvalue weighted by Gasteiger charge is -2.17. The fourth-order valence-corrected chi connectivity index (χ4v) is 2.28. The van der Waals surface area contributed by atoms with Gasteiger partial charge in [-0.3, -0.25) is 0 Å². The van der Waals surface area contributed by atoms with Crippen LogP contribution in [0.2, 0.25) is 5.15 Å². The van der Waals surface area contributed by atoms with Crippen molar-refractivity contribution in [3.63, 3.8) is 0 Å². The molecule has 0 fully saturated rings. The quantitative estimate of drug-likeness (QED) is 0.792. The van der Waals surface area contributed by atoms with Crippen LogP contribution in [0.4, 0.5) is 0 Å². The van der Waals surface area contributed by atoms with Gasteiger partial charge in [0.05, 0.1) is 0 Å². The van der Waals surface area contributed by atoms with Gasteiger partial charge in [0.2, 0.25) is 0 Å². The Morgan fingerprint density at radius 1 is 1.44 bits per heavy atom. The SMILES string of the molecule is CSCC(C)CNC(C)c1ccc(Cl)nc1.